The number of hydrogen-bond acceptors (Lipinski definition) is 1. The summed E-state index contributed by atoms with van der Waals surface area (Å²) in [5.41, 5.74) is 0. The second kappa shape index (κ2) is 7.64. The van der Waals surface area contributed by atoms with Gasteiger partial charge in [0.1, 0.15) is 0 Å². The molecule has 0 aromatic carbocycles. The zero-order valence-corrected chi connectivity index (χ0v) is 13.8. The van der Waals surface area contributed by atoms with Crippen LogP contribution in [-0.4, -0.2) is 60.8 Å². The van der Waals surface area contributed by atoms with Gasteiger partial charge in [0.05, 0.1) is 0 Å². The Morgan fingerprint density at radius 3 is 2.06 bits per heavy atom. The van der Waals surface area contributed by atoms with Gasteiger partial charge in [-0.3, -0.25) is 4.74 Å². The van der Waals surface area contributed by atoms with Gasteiger partial charge in [0, 0.05) is 32.7 Å². The average Bonchev–Trinajstić information content (AvgIpc) is 2.36. The minimum absolute atomic E-state index is 1.01. The number of hydrogen-bond donors (Lipinski definition) is 0. The molecule has 0 unspecified atom stereocenters. The monoisotopic (exact) mass is 274 g/mol. The lowest BCUT2D eigenvalue weighted by atomic mass is 10.3. The maximum Gasteiger partial charge on any atom is 0.167 e. The summed E-state index contributed by atoms with van der Waals surface area (Å²) in [6.45, 7) is 12.3. The third kappa shape index (κ3) is 3.16. The summed E-state index contributed by atoms with van der Waals surface area (Å²) in [5.74, 6) is 0. The number of rotatable bonds is 6. The van der Waals surface area contributed by atoms with Gasteiger partial charge in [-0.25, -0.2) is 14.0 Å². The van der Waals surface area contributed by atoms with Crippen LogP contribution in [0.5, 0.6) is 0 Å². The molecule has 1 saturated heterocycles. The highest BCUT2D eigenvalue weighted by Crippen LogP contribution is 2.59. The van der Waals surface area contributed by atoms with E-state index in [0.717, 1.165) is 19.6 Å². The lowest BCUT2D eigenvalue weighted by Gasteiger charge is -2.49. The zero-order valence-electron chi connectivity index (χ0n) is 12.9. The molecule has 108 valence electrons. The van der Waals surface area contributed by atoms with Crippen molar-refractivity contribution in [2.24, 2.45) is 4.74 Å². The van der Waals surface area contributed by atoms with Crippen LogP contribution in [0.25, 0.3) is 0 Å². The van der Waals surface area contributed by atoms with Crippen LogP contribution in [0, 0.1) is 0 Å². The van der Waals surface area contributed by atoms with Crippen LogP contribution >= 0.6 is 7.51 Å². The van der Waals surface area contributed by atoms with Crippen molar-refractivity contribution in [3.8, 4) is 0 Å². The maximum absolute atomic E-state index is 5.20. The van der Waals surface area contributed by atoms with E-state index < -0.39 is 7.51 Å². The molecule has 18 heavy (non-hydrogen) atoms. The molecule has 0 aliphatic carbocycles. The molecule has 0 radical (unpaired) electrons. The zero-order chi connectivity index (χ0) is 13.6. The fourth-order valence-electron chi connectivity index (χ4n) is 2.76. The first-order valence-electron chi connectivity index (χ1n) is 7.40. The van der Waals surface area contributed by atoms with Gasteiger partial charge in [0.15, 0.2) is 7.51 Å². The lowest BCUT2D eigenvalue weighted by molar-refractivity contribution is 0.315. The van der Waals surface area contributed by atoms with Crippen LogP contribution in [0.15, 0.2) is 4.74 Å². The molecule has 0 bridgehead atoms. The van der Waals surface area contributed by atoms with E-state index >= 15 is 0 Å². The Balaban J connectivity index is 3.08. The Kier molecular flexibility index (Phi) is 6.86. The van der Waals surface area contributed by atoms with Crippen molar-refractivity contribution in [3.63, 3.8) is 0 Å². The van der Waals surface area contributed by atoms with Crippen LogP contribution in [0.3, 0.4) is 0 Å². The Labute approximate surface area is 114 Å². The van der Waals surface area contributed by atoms with Crippen molar-refractivity contribution in [2.75, 3.05) is 46.8 Å². The first-order chi connectivity index (χ1) is 8.63. The van der Waals surface area contributed by atoms with Crippen molar-refractivity contribution < 1.29 is 0 Å². The Morgan fingerprint density at radius 2 is 1.61 bits per heavy atom. The molecule has 0 spiro atoms. The van der Waals surface area contributed by atoms with Crippen molar-refractivity contribution in [3.05, 3.63) is 0 Å². The molecule has 0 atom stereocenters. The highest BCUT2D eigenvalue weighted by Gasteiger charge is 2.37. The molecule has 0 amide bonds. The normalized spacial score (nSPS) is 21.4. The van der Waals surface area contributed by atoms with E-state index in [4.69, 9.17) is 4.74 Å². The second-order valence-corrected chi connectivity index (χ2v) is 8.30. The van der Waals surface area contributed by atoms with Crippen LogP contribution in [-0.2, 0) is 0 Å². The molecule has 1 fully saturated rings. The highest BCUT2D eigenvalue weighted by molar-refractivity contribution is 7.59. The average molecular weight is 274 g/mol. The molecular formula is C13H31N4P. The quantitative estimate of drug-likeness (QED) is 0.548. The van der Waals surface area contributed by atoms with Gasteiger partial charge in [-0.1, -0.05) is 27.2 Å². The standard InChI is InChI=1S/C13H31N4P/c1-6-9-11-14-18(17(7-2)8-3)15(4)12-10-13-16(18)5/h6-13H2,1-5H3. The fourth-order valence-corrected chi connectivity index (χ4v) is 6.74. The van der Waals surface area contributed by atoms with Gasteiger partial charge in [0.2, 0.25) is 0 Å². The molecule has 0 saturated carbocycles. The summed E-state index contributed by atoms with van der Waals surface area (Å²) in [6, 6.07) is 0. The van der Waals surface area contributed by atoms with Crippen molar-refractivity contribution in [1.82, 2.24) is 14.0 Å². The van der Waals surface area contributed by atoms with Crippen molar-refractivity contribution in [1.29, 1.82) is 0 Å². The molecule has 1 heterocycles. The van der Waals surface area contributed by atoms with Crippen LogP contribution in [0.4, 0.5) is 0 Å². The van der Waals surface area contributed by atoms with E-state index in [1.807, 2.05) is 0 Å². The van der Waals surface area contributed by atoms with Gasteiger partial charge < -0.3 is 0 Å². The summed E-state index contributed by atoms with van der Waals surface area (Å²) in [5, 5.41) is 0. The SMILES string of the molecule is CCCCN=P1(N(CC)CC)N(C)CCCN1C. The molecule has 0 aromatic rings. The highest BCUT2D eigenvalue weighted by atomic mass is 31.2. The van der Waals surface area contributed by atoms with E-state index in [1.54, 1.807) is 0 Å². The summed E-state index contributed by atoms with van der Waals surface area (Å²) in [7, 11) is 2.94. The molecule has 1 rings (SSSR count). The van der Waals surface area contributed by atoms with Crippen LogP contribution < -0.4 is 0 Å². The summed E-state index contributed by atoms with van der Waals surface area (Å²) >= 11 is 0. The molecule has 0 aromatic heterocycles. The van der Waals surface area contributed by atoms with Crippen LogP contribution in [0.1, 0.15) is 40.0 Å². The summed E-state index contributed by atoms with van der Waals surface area (Å²) < 4.78 is 12.8. The summed E-state index contributed by atoms with van der Waals surface area (Å²) in [6.07, 6.45) is 3.71. The van der Waals surface area contributed by atoms with Crippen molar-refractivity contribution >= 4 is 7.51 Å². The fraction of sp³-hybridized carbons (Fsp3) is 1.00. The van der Waals surface area contributed by atoms with Crippen LogP contribution in [0.2, 0.25) is 0 Å². The molecular weight excluding hydrogens is 243 g/mol. The molecule has 5 heteroatoms. The smallest absolute Gasteiger partial charge is 0.167 e. The van der Waals surface area contributed by atoms with E-state index in [9.17, 15) is 0 Å². The Morgan fingerprint density at radius 1 is 1.06 bits per heavy atom. The Hall–Kier alpha value is 0.110. The van der Waals surface area contributed by atoms with E-state index in [2.05, 4.69) is 48.9 Å². The predicted molar refractivity (Wildman–Crippen MR) is 81.9 cm³/mol. The molecule has 1 aliphatic heterocycles. The Bertz CT molecular complexity index is 275. The minimum Gasteiger partial charge on any atom is -0.261 e. The number of nitrogens with zero attached hydrogens (tertiary/aromatic N) is 4. The topological polar surface area (TPSA) is 22.1 Å². The largest absolute Gasteiger partial charge is 0.261 e. The first kappa shape index (κ1) is 16.2. The van der Waals surface area contributed by atoms with Gasteiger partial charge in [-0.15, -0.1) is 0 Å². The molecule has 4 nitrogen and oxygen atoms in total. The van der Waals surface area contributed by atoms with E-state index in [0.29, 0.717) is 0 Å². The summed E-state index contributed by atoms with van der Waals surface area (Å²) in [4.78, 5) is 0. The van der Waals surface area contributed by atoms with Crippen molar-refractivity contribution in [2.45, 2.75) is 40.0 Å². The maximum atomic E-state index is 5.20. The van der Waals surface area contributed by atoms with E-state index in [1.165, 1.54) is 32.4 Å². The van der Waals surface area contributed by atoms with Gasteiger partial charge in [0.25, 0.3) is 0 Å². The molecule has 1 aliphatic rings. The van der Waals surface area contributed by atoms with Gasteiger partial charge >= 0.3 is 0 Å². The van der Waals surface area contributed by atoms with E-state index in [-0.39, 0.29) is 0 Å². The molecule has 0 N–H and O–H groups in total. The number of unbranched alkanes of at least 4 members (excludes halogenated alkanes) is 1. The second-order valence-electron chi connectivity index (χ2n) is 5.01. The van der Waals surface area contributed by atoms with Gasteiger partial charge in [-0.2, -0.15) is 0 Å². The predicted octanol–water partition coefficient (Wildman–Crippen LogP) is 3.34. The lowest BCUT2D eigenvalue weighted by Crippen LogP contribution is -2.43. The minimum atomic E-state index is -1.59. The third-order valence-electron chi connectivity index (χ3n) is 3.79. The first-order valence-corrected chi connectivity index (χ1v) is 9.00. The third-order valence-corrected chi connectivity index (χ3v) is 7.93. The van der Waals surface area contributed by atoms with Gasteiger partial charge in [-0.05, 0) is 26.9 Å².